The summed E-state index contributed by atoms with van der Waals surface area (Å²) in [5.74, 6) is -2.64. The van der Waals surface area contributed by atoms with Crippen LogP contribution in [0.4, 0.5) is 22.0 Å². The van der Waals surface area contributed by atoms with Gasteiger partial charge in [0.15, 0.2) is 23.0 Å². The minimum Gasteiger partial charge on any atom is -0.508 e. The van der Waals surface area contributed by atoms with Gasteiger partial charge in [-0.2, -0.15) is 13.2 Å². The van der Waals surface area contributed by atoms with E-state index in [1.54, 1.807) is 29.3 Å². The van der Waals surface area contributed by atoms with Crippen LogP contribution in [0.2, 0.25) is 0 Å². The summed E-state index contributed by atoms with van der Waals surface area (Å²) in [6.45, 7) is 32.4. The second-order valence-corrected chi connectivity index (χ2v) is 26.7. The number of alkyl halides is 5. The van der Waals surface area contributed by atoms with Gasteiger partial charge in [-0.3, -0.25) is 0 Å². The predicted octanol–water partition coefficient (Wildman–Crippen LogP) is 18.1. The summed E-state index contributed by atoms with van der Waals surface area (Å²) in [5.41, 5.74) is 14.3. The molecule has 2 aliphatic heterocycles. The Bertz CT molecular complexity index is 2830. The van der Waals surface area contributed by atoms with Crippen molar-refractivity contribution >= 4 is 0 Å². The molecule has 10 rings (SSSR count). The first kappa shape index (κ1) is 60.9. The topological polar surface area (TPSA) is 77.4 Å². The Labute approximate surface area is 457 Å². The quantitative estimate of drug-likeness (QED) is 0.151. The molecular formula is C66H87F5O6. The lowest BCUT2D eigenvalue weighted by molar-refractivity contribution is -0.332. The Morgan fingerprint density at radius 2 is 0.805 bits per heavy atom. The van der Waals surface area contributed by atoms with Crippen LogP contribution in [-0.2, 0) is 59.2 Å². The summed E-state index contributed by atoms with van der Waals surface area (Å²) in [7, 11) is 0. The van der Waals surface area contributed by atoms with E-state index in [1.807, 2.05) is 47.6 Å². The summed E-state index contributed by atoms with van der Waals surface area (Å²) < 4.78 is 83.5. The Kier molecular flexibility index (Phi) is 18.1. The number of aryl methyl sites for hydroxylation is 5. The van der Waals surface area contributed by atoms with Gasteiger partial charge in [0, 0.05) is 6.92 Å². The van der Waals surface area contributed by atoms with Crippen LogP contribution in [0.5, 0.6) is 28.7 Å². The van der Waals surface area contributed by atoms with Crippen molar-refractivity contribution in [3.63, 3.8) is 0 Å². The number of benzene rings is 5. The fourth-order valence-corrected chi connectivity index (χ4v) is 9.86. The van der Waals surface area contributed by atoms with Crippen LogP contribution in [0.15, 0.2) is 84.9 Å². The van der Waals surface area contributed by atoms with Crippen LogP contribution in [0, 0.1) is 0 Å². The number of rotatable bonds is 0. The Morgan fingerprint density at radius 3 is 1.31 bits per heavy atom. The van der Waals surface area contributed by atoms with E-state index in [2.05, 4.69) is 124 Å². The molecule has 5 aliphatic rings. The van der Waals surface area contributed by atoms with Crippen molar-refractivity contribution in [3.05, 3.63) is 146 Å². The largest absolute Gasteiger partial charge is 0.586 e. The van der Waals surface area contributed by atoms with Gasteiger partial charge < -0.3 is 29.2 Å². The van der Waals surface area contributed by atoms with Crippen molar-refractivity contribution in [1.29, 1.82) is 0 Å². The number of phenols is 1. The second-order valence-electron chi connectivity index (χ2n) is 26.7. The first-order valence-corrected chi connectivity index (χ1v) is 27.6. The van der Waals surface area contributed by atoms with E-state index < -0.39 is 18.3 Å². The molecule has 77 heavy (non-hydrogen) atoms. The van der Waals surface area contributed by atoms with Gasteiger partial charge in [0.25, 0.3) is 0 Å². The highest BCUT2D eigenvalue weighted by molar-refractivity contribution is 5.49. The molecule has 2 unspecified atom stereocenters. The van der Waals surface area contributed by atoms with Crippen LogP contribution >= 0.6 is 0 Å². The monoisotopic (exact) mass is 1070 g/mol. The third-order valence-corrected chi connectivity index (χ3v) is 14.9. The third kappa shape index (κ3) is 15.7. The van der Waals surface area contributed by atoms with Crippen molar-refractivity contribution < 1.29 is 51.1 Å². The molecule has 2 heterocycles. The highest BCUT2D eigenvalue weighted by atomic mass is 19.3. The Hall–Kier alpha value is -5.29. The molecule has 422 valence electrons. The number of ether oxygens (including phenoxy) is 4. The average Bonchev–Trinajstić information content (AvgIpc) is 3.64. The highest BCUT2D eigenvalue weighted by Crippen LogP contribution is 2.48. The van der Waals surface area contributed by atoms with Gasteiger partial charge in [0.2, 0.25) is 0 Å². The van der Waals surface area contributed by atoms with Crippen molar-refractivity contribution in [2.45, 2.75) is 233 Å². The van der Waals surface area contributed by atoms with Gasteiger partial charge in [-0.15, -0.1) is 8.78 Å². The van der Waals surface area contributed by atoms with Gasteiger partial charge in [-0.1, -0.05) is 158 Å². The van der Waals surface area contributed by atoms with Crippen molar-refractivity contribution in [1.82, 2.24) is 0 Å². The Morgan fingerprint density at radius 1 is 0.416 bits per heavy atom. The highest BCUT2D eigenvalue weighted by Gasteiger charge is 2.60. The summed E-state index contributed by atoms with van der Waals surface area (Å²) in [6.07, 6.45) is 5.59. The van der Waals surface area contributed by atoms with Crippen LogP contribution in [0.25, 0.3) is 0 Å². The molecule has 0 amide bonds. The van der Waals surface area contributed by atoms with E-state index in [1.165, 1.54) is 91.0 Å². The molecule has 5 aromatic carbocycles. The maximum absolute atomic E-state index is 13.6. The number of halogens is 5. The third-order valence-electron chi connectivity index (χ3n) is 14.9. The Balaban J connectivity index is 0.000000156. The van der Waals surface area contributed by atoms with E-state index >= 15 is 0 Å². The molecule has 0 saturated heterocycles. The second kappa shape index (κ2) is 22.8. The van der Waals surface area contributed by atoms with Crippen LogP contribution in [0.1, 0.15) is 217 Å². The molecule has 0 spiro atoms. The lowest BCUT2D eigenvalue weighted by Crippen LogP contribution is -2.53. The SMILES string of the molecule is CC(C)(C)c1cc2c(cc1O)CCCC2.CC(C)(C)c1ccc2c(c1)C(O)CCC2.CC(C)(C)c1ccc2c(c1)CCCC2.CC(C)(C)c1ccc2c(c1)OC(F)(F)C(C)(F)O2.CC(C)(C)c1ccc2c(c1)OC(F)(F)O2. The maximum atomic E-state index is 13.6. The normalized spacial score (nSPS) is 19.8. The van der Waals surface area contributed by atoms with E-state index in [9.17, 15) is 32.2 Å². The molecule has 0 bridgehead atoms. The van der Waals surface area contributed by atoms with Crippen molar-refractivity contribution in [2.24, 2.45) is 0 Å². The van der Waals surface area contributed by atoms with Crippen LogP contribution in [-0.4, -0.2) is 28.5 Å². The fraction of sp³-hybridized carbons (Fsp3) is 0.545. The molecule has 5 aromatic rings. The van der Waals surface area contributed by atoms with E-state index in [0.717, 1.165) is 47.9 Å². The van der Waals surface area contributed by atoms with E-state index in [4.69, 9.17) is 0 Å². The molecule has 6 nitrogen and oxygen atoms in total. The molecule has 3 aliphatic carbocycles. The number of hydrogen-bond acceptors (Lipinski definition) is 6. The summed E-state index contributed by atoms with van der Waals surface area (Å²) in [5, 5.41) is 20.0. The zero-order chi connectivity index (χ0) is 57.3. The molecule has 0 radical (unpaired) electrons. The maximum Gasteiger partial charge on any atom is 0.586 e. The summed E-state index contributed by atoms with van der Waals surface area (Å²) >= 11 is 0. The number of fused-ring (bicyclic) bond motifs is 5. The van der Waals surface area contributed by atoms with Gasteiger partial charge in [0.1, 0.15) is 5.75 Å². The van der Waals surface area contributed by atoms with E-state index in [0.29, 0.717) is 18.1 Å². The molecule has 11 heteroatoms. The molecule has 2 N–H and O–H groups in total. The first-order valence-electron chi connectivity index (χ1n) is 27.6. The predicted molar refractivity (Wildman–Crippen MR) is 300 cm³/mol. The van der Waals surface area contributed by atoms with Crippen molar-refractivity contribution in [2.75, 3.05) is 0 Å². The minimum absolute atomic E-state index is 0.0149. The van der Waals surface area contributed by atoms with Crippen LogP contribution in [0.3, 0.4) is 0 Å². The van der Waals surface area contributed by atoms with Crippen LogP contribution < -0.4 is 18.9 Å². The fourth-order valence-electron chi connectivity index (χ4n) is 9.86. The molecule has 0 aromatic heterocycles. The summed E-state index contributed by atoms with van der Waals surface area (Å²) in [4.78, 5) is 0. The van der Waals surface area contributed by atoms with Gasteiger partial charge in [-0.05, 0) is 189 Å². The number of aliphatic hydroxyl groups is 1. The zero-order valence-electron chi connectivity index (χ0n) is 48.9. The van der Waals surface area contributed by atoms with Gasteiger partial charge >= 0.3 is 18.3 Å². The number of aliphatic hydroxyl groups excluding tert-OH is 1. The van der Waals surface area contributed by atoms with Crippen molar-refractivity contribution in [3.8, 4) is 28.7 Å². The number of phenolic OH excluding ortho intramolecular Hbond substituents is 1. The number of hydrogen-bond donors (Lipinski definition) is 2. The lowest BCUT2D eigenvalue weighted by atomic mass is 9.81. The summed E-state index contributed by atoms with van der Waals surface area (Å²) in [6, 6.07) is 27.3. The van der Waals surface area contributed by atoms with Gasteiger partial charge in [-0.25, -0.2) is 0 Å². The van der Waals surface area contributed by atoms with Gasteiger partial charge in [0.05, 0.1) is 6.10 Å². The average molecular weight is 1070 g/mol. The van der Waals surface area contributed by atoms with E-state index in [-0.39, 0.29) is 50.8 Å². The smallest absolute Gasteiger partial charge is 0.508 e. The molecular weight excluding hydrogens is 984 g/mol. The lowest BCUT2D eigenvalue weighted by Gasteiger charge is -2.36. The standard InChI is InChI=1S/2C14H20O.C14H20.C13H15F3O2.C11H12F2O2/c1-14(2,3)11-8-7-10-5-4-6-13(15)12(10)9-11;1-14(2,3)12-8-10-6-4-5-7-11(10)9-13(12)15;1-14(2,3)13-9-8-11-6-4-5-7-12(11)10-13;1-11(2,3)8-5-6-9-10(7-8)18-13(15,16)12(4,14)17-9;1-10(2,3)7-4-5-8-9(6-7)15-11(12,13)14-8/h7-9,13,15H,4-6H2,1-3H3;8-9,15H,4-7H2,1-3H3;8-10H,4-7H2,1-3H3;5-7H,1-4H3;4-6H,1-3H3. The first-order chi connectivity index (χ1) is 35.3. The molecule has 2 atom stereocenters. The molecule has 0 saturated carbocycles. The zero-order valence-corrected chi connectivity index (χ0v) is 48.9. The number of aromatic hydroxyl groups is 1. The molecule has 0 fully saturated rings. The minimum atomic E-state index is -4.00.